The largest absolute Gasteiger partial charge is 0.469 e. The standard InChI is InChI=1S/C13H19NO3/c1-17-13(16)10-6-9(10)12(15)14-11(7-2-3-7)8-4-5-8/h7-11H,2-6H2,1H3,(H,14,15)/t9-,10+/m0/s1. The van der Waals surface area contributed by atoms with Crippen LogP contribution in [0, 0.1) is 23.7 Å². The molecule has 0 unspecified atom stereocenters. The van der Waals surface area contributed by atoms with Crippen molar-refractivity contribution in [2.45, 2.75) is 38.1 Å². The summed E-state index contributed by atoms with van der Waals surface area (Å²) >= 11 is 0. The van der Waals surface area contributed by atoms with Crippen LogP contribution in [0.15, 0.2) is 0 Å². The zero-order valence-corrected chi connectivity index (χ0v) is 10.1. The highest BCUT2D eigenvalue weighted by molar-refractivity contribution is 5.90. The smallest absolute Gasteiger partial charge is 0.309 e. The number of ether oxygens (including phenoxy) is 1. The first-order valence-corrected chi connectivity index (χ1v) is 6.59. The van der Waals surface area contributed by atoms with Crippen LogP contribution in [-0.2, 0) is 14.3 Å². The third-order valence-electron chi connectivity index (χ3n) is 4.20. The van der Waals surface area contributed by atoms with Crippen LogP contribution < -0.4 is 5.32 Å². The summed E-state index contributed by atoms with van der Waals surface area (Å²) in [4.78, 5) is 23.3. The zero-order chi connectivity index (χ0) is 12.0. The molecule has 0 spiro atoms. The van der Waals surface area contributed by atoms with Crippen LogP contribution in [-0.4, -0.2) is 25.0 Å². The molecule has 3 aliphatic rings. The summed E-state index contributed by atoms with van der Waals surface area (Å²) in [5.74, 6) is 0.953. The van der Waals surface area contributed by atoms with E-state index in [1.54, 1.807) is 0 Å². The minimum Gasteiger partial charge on any atom is -0.469 e. The quantitative estimate of drug-likeness (QED) is 0.728. The first-order valence-electron chi connectivity index (χ1n) is 6.59. The molecule has 0 saturated heterocycles. The van der Waals surface area contributed by atoms with Gasteiger partial charge in [-0.1, -0.05) is 0 Å². The molecule has 0 bridgehead atoms. The van der Waals surface area contributed by atoms with E-state index in [9.17, 15) is 9.59 Å². The minimum absolute atomic E-state index is 0.0733. The van der Waals surface area contributed by atoms with Gasteiger partial charge in [-0.2, -0.15) is 0 Å². The van der Waals surface area contributed by atoms with Gasteiger partial charge in [-0.15, -0.1) is 0 Å². The van der Waals surface area contributed by atoms with Gasteiger partial charge in [0.2, 0.25) is 5.91 Å². The van der Waals surface area contributed by atoms with E-state index in [0.717, 1.165) is 0 Å². The first-order chi connectivity index (χ1) is 8.20. The van der Waals surface area contributed by atoms with Crippen molar-refractivity contribution in [2.24, 2.45) is 23.7 Å². The number of esters is 1. The van der Waals surface area contributed by atoms with Crippen LogP contribution in [0.4, 0.5) is 0 Å². The van der Waals surface area contributed by atoms with E-state index < -0.39 is 0 Å². The number of carbonyl (C=O) groups is 2. The van der Waals surface area contributed by atoms with Crippen LogP contribution in [0.1, 0.15) is 32.1 Å². The van der Waals surface area contributed by atoms with Crippen molar-refractivity contribution in [1.29, 1.82) is 0 Å². The van der Waals surface area contributed by atoms with Crippen molar-refractivity contribution in [1.82, 2.24) is 5.32 Å². The molecule has 4 heteroatoms. The van der Waals surface area contributed by atoms with Gasteiger partial charge < -0.3 is 10.1 Å². The van der Waals surface area contributed by atoms with Crippen LogP contribution >= 0.6 is 0 Å². The Morgan fingerprint density at radius 3 is 2.18 bits per heavy atom. The monoisotopic (exact) mass is 237 g/mol. The molecule has 0 aliphatic heterocycles. The van der Waals surface area contributed by atoms with Gasteiger partial charge in [-0.25, -0.2) is 0 Å². The number of hydrogen-bond donors (Lipinski definition) is 1. The predicted octanol–water partition coefficient (Wildman–Crippen LogP) is 1.10. The SMILES string of the molecule is COC(=O)[C@@H]1C[C@@H]1C(=O)NC(C1CC1)C1CC1. The van der Waals surface area contributed by atoms with Crippen molar-refractivity contribution in [3.63, 3.8) is 0 Å². The maximum atomic E-state index is 12.0. The van der Waals surface area contributed by atoms with E-state index >= 15 is 0 Å². The van der Waals surface area contributed by atoms with Gasteiger partial charge in [-0.05, 0) is 43.9 Å². The molecule has 1 amide bonds. The Kier molecular flexibility index (Phi) is 2.60. The van der Waals surface area contributed by atoms with Gasteiger partial charge in [0.05, 0.1) is 18.9 Å². The van der Waals surface area contributed by atoms with Crippen LogP contribution in [0.5, 0.6) is 0 Å². The summed E-state index contributed by atoms with van der Waals surface area (Å²) in [6.45, 7) is 0. The average molecular weight is 237 g/mol. The molecule has 4 nitrogen and oxygen atoms in total. The summed E-state index contributed by atoms with van der Waals surface area (Å²) in [6.07, 6.45) is 5.69. The van der Waals surface area contributed by atoms with Gasteiger partial charge in [0.15, 0.2) is 0 Å². The Balaban J connectivity index is 1.51. The fraction of sp³-hybridized carbons (Fsp3) is 0.846. The Morgan fingerprint density at radius 1 is 1.12 bits per heavy atom. The number of hydrogen-bond acceptors (Lipinski definition) is 3. The normalized spacial score (nSPS) is 31.2. The molecule has 2 atom stereocenters. The van der Waals surface area contributed by atoms with Gasteiger partial charge in [-0.3, -0.25) is 9.59 Å². The number of carbonyl (C=O) groups excluding carboxylic acids is 2. The minimum atomic E-state index is -0.237. The Hall–Kier alpha value is -1.06. The third-order valence-corrected chi connectivity index (χ3v) is 4.20. The van der Waals surface area contributed by atoms with Crippen molar-refractivity contribution in [3.05, 3.63) is 0 Å². The Morgan fingerprint density at radius 2 is 1.71 bits per heavy atom. The second kappa shape index (κ2) is 4.00. The second-order valence-electron chi connectivity index (χ2n) is 5.68. The molecule has 0 radical (unpaired) electrons. The topological polar surface area (TPSA) is 55.4 Å². The highest BCUT2D eigenvalue weighted by Crippen LogP contribution is 2.46. The molecule has 3 fully saturated rings. The highest BCUT2D eigenvalue weighted by Gasteiger charge is 2.51. The molecule has 94 valence electrons. The first kappa shape index (κ1) is 11.1. The lowest BCUT2D eigenvalue weighted by atomic mass is 10.1. The molecule has 3 saturated carbocycles. The van der Waals surface area contributed by atoms with E-state index in [-0.39, 0.29) is 23.7 Å². The lowest BCUT2D eigenvalue weighted by Crippen LogP contribution is -2.39. The molecule has 1 N–H and O–H groups in total. The maximum absolute atomic E-state index is 12.0. The van der Waals surface area contributed by atoms with Gasteiger partial charge in [0, 0.05) is 6.04 Å². The molecule has 17 heavy (non-hydrogen) atoms. The summed E-state index contributed by atoms with van der Waals surface area (Å²) in [5, 5.41) is 3.17. The van der Waals surface area contributed by atoms with Crippen molar-refractivity contribution in [2.75, 3.05) is 7.11 Å². The Bertz CT molecular complexity index is 335. The number of rotatable bonds is 5. The summed E-state index contributed by atoms with van der Waals surface area (Å²) in [6, 6.07) is 0.390. The summed E-state index contributed by atoms with van der Waals surface area (Å²) in [5.41, 5.74) is 0. The number of nitrogens with one attached hydrogen (secondary N) is 1. The van der Waals surface area contributed by atoms with E-state index in [4.69, 9.17) is 0 Å². The average Bonchev–Trinajstić information content (AvgIpc) is 3.18. The van der Waals surface area contributed by atoms with Crippen LogP contribution in [0.2, 0.25) is 0 Å². The summed E-state index contributed by atoms with van der Waals surface area (Å²) in [7, 11) is 1.38. The second-order valence-corrected chi connectivity index (χ2v) is 5.68. The molecule has 0 aromatic carbocycles. The molecular formula is C13H19NO3. The van der Waals surface area contributed by atoms with Gasteiger partial charge in [0.1, 0.15) is 0 Å². The molecule has 0 aromatic heterocycles. The lowest BCUT2D eigenvalue weighted by Gasteiger charge is -2.17. The van der Waals surface area contributed by atoms with Crippen LogP contribution in [0.3, 0.4) is 0 Å². The molecule has 0 heterocycles. The van der Waals surface area contributed by atoms with Gasteiger partial charge in [0.25, 0.3) is 0 Å². The number of amides is 1. The third kappa shape index (κ3) is 2.31. The lowest BCUT2D eigenvalue weighted by molar-refractivity contribution is -0.143. The number of methoxy groups -OCH3 is 1. The highest BCUT2D eigenvalue weighted by atomic mass is 16.5. The Labute approximate surface area is 101 Å². The van der Waals surface area contributed by atoms with Crippen molar-refractivity contribution in [3.8, 4) is 0 Å². The summed E-state index contributed by atoms with van der Waals surface area (Å²) < 4.78 is 4.66. The van der Waals surface area contributed by atoms with Crippen molar-refractivity contribution >= 4 is 11.9 Å². The van der Waals surface area contributed by atoms with E-state index in [0.29, 0.717) is 24.3 Å². The van der Waals surface area contributed by atoms with E-state index in [2.05, 4.69) is 10.1 Å². The van der Waals surface area contributed by atoms with E-state index in [1.807, 2.05) is 0 Å². The fourth-order valence-electron chi connectivity index (χ4n) is 2.70. The molecular weight excluding hydrogens is 218 g/mol. The fourth-order valence-corrected chi connectivity index (χ4v) is 2.70. The molecule has 3 rings (SSSR count). The van der Waals surface area contributed by atoms with Crippen molar-refractivity contribution < 1.29 is 14.3 Å². The maximum Gasteiger partial charge on any atom is 0.309 e. The van der Waals surface area contributed by atoms with Crippen LogP contribution in [0.25, 0.3) is 0 Å². The predicted molar refractivity (Wildman–Crippen MR) is 61.0 cm³/mol. The van der Waals surface area contributed by atoms with E-state index in [1.165, 1.54) is 32.8 Å². The molecule has 0 aromatic rings. The molecule has 3 aliphatic carbocycles. The zero-order valence-electron chi connectivity index (χ0n) is 10.1. The van der Waals surface area contributed by atoms with Gasteiger partial charge >= 0.3 is 5.97 Å².